The molecule has 3 heterocycles. The van der Waals surface area contributed by atoms with Crippen LogP contribution >= 0.6 is 0 Å². The molecule has 0 N–H and O–H groups in total. The highest BCUT2D eigenvalue weighted by molar-refractivity contribution is 6.16. The largest absolute Gasteiger partial charge is 0.455 e. The number of nitrogens with zero attached hydrogens (tertiary/aromatic N) is 3. The average molecular weight is 626 g/mol. The van der Waals surface area contributed by atoms with E-state index in [9.17, 15) is 8.78 Å². The molecular formula is C42H25F2N3O. The minimum atomic E-state index is -0.627. The molecule has 9 rings (SSSR count). The molecule has 0 saturated carbocycles. The van der Waals surface area contributed by atoms with Crippen LogP contribution in [0.4, 0.5) is 8.78 Å². The third-order valence-electron chi connectivity index (χ3n) is 8.84. The van der Waals surface area contributed by atoms with E-state index in [0.29, 0.717) is 33.5 Å². The lowest BCUT2D eigenvalue weighted by Gasteiger charge is -2.17. The summed E-state index contributed by atoms with van der Waals surface area (Å²) in [5, 5.41) is 1.49. The van der Waals surface area contributed by atoms with Crippen LogP contribution in [0.3, 0.4) is 0 Å². The van der Waals surface area contributed by atoms with Gasteiger partial charge < -0.3 is 4.42 Å². The van der Waals surface area contributed by atoms with Crippen LogP contribution < -0.4 is 0 Å². The molecule has 228 valence electrons. The first-order valence-electron chi connectivity index (χ1n) is 15.6. The van der Waals surface area contributed by atoms with Gasteiger partial charge in [0.15, 0.2) is 0 Å². The van der Waals surface area contributed by atoms with Crippen molar-refractivity contribution < 1.29 is 13.2 Å². The molecule has 0 atom stereocenters. The van der Waals surface area contributed by atoms with Crippen molar-refractivity contribution in [2.45, 2.75) is 0 Å². The molecular weight excluding hydrogens is 600 g/mol. The fraction of sp³-hybridized carbons (Fsp3) is 0. The Morgan fingerprint density at radius 1 is 0.562 bits per heavy atom. The molecule has 6 heteroatoms. The molecule has 0 radical (unpaired) electrons. The lowest BCUT2D eigenvalue weighted by atomic mass is 9.96. The maximum Gasteiger partial charge on any atom is 0.216 e. The van der Waals surface area contributed by atoms with E-state index in [2.05, 4.69) is 52.0 Å². The molecule has 0 bridgehead atoms. The minimum absolute atomic E-state index is 0.378. The van der Waals surface area contributed by atoms with Gasteiger partial charge in [0.2, 0.25) is 5.95 Å². The molecule has 0 fully saturated rings. The zero-order valence-corrected chi connectivity index (χ0v) is 25.4. The number of hydrogen-bond acceptors (Lipinski definition) is 3. The average Bonchev–Trinajstić information content (AvgIpc) is 3.70. The topological polar surface area (TPSA) is 43.9 Å². The zero-order chi connectivity index (χ0) is 32.2. The summed E-state index contributed by atoms with van der Waals surface area (Å²) in [6.45, 7) is 0. The number of hydrogen-bond donors (Lipinski definition) is 0. The second-order valence-corrected chi connectivity index (χ2v) is 11.7. The zero-order valence-electron chi connectivity index (χ0n) is 25.4. The van der Waals surface area contributed by atoms with Crippen molar-refractivity contribution in [2.75, 3.05) is 0 Å². The second-order valence-electron chi connectivity index (χ2n) is 11.7. The van der Waals surface area contributed by atoms with E-state index in [1.54, 1.807) is 6.07 Å². The van der Waals surface area contributed by atoms with E-state index >= 15 is 0 Å². The number of imidazole rings is 1. The van der Waals surface area contributed by atoms with Crippen molar-refractivity contribution in [1.29, 1.82) is 0 Å². The monoisotopic (exact) mass is 625 g/mol. The third-order valence-corrected chi connectivity index (χ3v) is 8.84. The fourth-order valence-electron chi connectivity index (χ4n) is 6.65. The Balaban J connectivity index is 1.37. The number of rotatable bonds is 5. The van der Waals surface area contributed by atoms with Gasteiger partial charge in [-0.3, -0.25) is 4.57 Å². The van der Waals surface area contributed by atoms with Gasteiger partial charge in [-0.05, 0) is 58.1 Å². The molecule has 0 aliphatic heterocycles. The van der Waals surface area contributed by atoms with E-state index in [0.717, 1.165) is 50.0 Å². The summed E-state index contributed by atoms with van der Waals surface area (Å²) < 4.78 is 37.7. The standard InChI is InChI=1S/C42H25F2N3O/c43-30-17-21-37-35(23-30)46-42(47(37)36-20-16-29(26-10-4-1-5-11-26)22-33(36)28-14-8-3-9-15-28)32-19-18-31(27-12-6-2-7-13-27)40-34-25-45-39(44)24-38(34)48-41(32)40/h1-25H. The number of furan rings is 1. The van der Waals surface area contributed by atoms with E-state index in [-0.39, 0.29) is 5.82 Å². The van der Waals surface area contributed by atoms with Crippen molar-refractivity contribution in [1.82, 2.24) is 14.5 Å². The van der Waals surface area contributed by atoms with Gasteiger partial charge in [-0.1, -0.05) is 103 Å². The molecule has 6 aromatic carbocycles. The predicted octanol–water partition coefficient (Wildman–Crippen LogP) is 11.3. The van der Waals surface area contributed by atoms with Crippen LogP contribution in [-0.4, -0.2) is 14.5 Å². The van der Waals surface area contributed by atoms with Gasteiger partial charge in [-0.15, -0.1) is 0 Å². The summed E-state index contributed by atoms with van der Waals surface area (Å²) >= 11 is 0. The van der Waals surface area contributed by atoms with Crippen LogP contribution in [0.5, 0.6) is 0 Å². The molecule has 9 aromatic rings. The Morgan fingerprint density at radius 3 is 1.96 bits per heavy atom. The quantitative estimate of drug-likeness (QED) is 0.179. The number of pyridine rings is 1. The van der Waals surface area contributed by atoms with Gasteiger partial charge in [0, 0.05) is 34.7 Å². The van der Waals surface area contributed by atoms with Gasteiger partial charge in [0.05, 0.1) is 22.3 Å². The maximum absolute atomic E-state index is 14.7. The second kappa shape index (κ2) is 11.1. The summed E-state index contributed by atoms with van der Waals surface area (Å²) in [6.07, 6.45) is 1.51. The van der Waals surface area contributed by atoms with Gasteiger partial charge in [-0.2, -0.15) is 4.39 Å². The normalized spacial score (nSPS) is 11.5. The SMILES string of the molecule is Fc1ccc2c(c1)nc(-c1ccc(-c3ccccc3)c3c1oc1cc(F)ncc13)n2-c1ccc(-c2ccccc2)cc1-c1ccccc1. The van der Waals surface area contributed by atoms with E-state index in [4.69, 9.17) is 9.40 Å². The van der Waals surface area contributed by atoms with Crippen molar-refractivity contribution in [2.24, 2.45) is 0 Å². The highest BCUT2D eigenvalue weighted by Gasteiger charge is 2.24. The van der Waals surface area contributed by atoms with Gasteiger partial charge in [0.1, 0.15) is 22.8 Å². The third kappa shape index (κ3) is 4.57. The lowest BCUT2D eigenvalue weighted by molar-refractivity contribution is 0.579. The van der Waals surface area contributed by atoms with Crippen LogP contribution in [0.15, 0.2) is 156 Å². The first-order valence-corrected chi connectivity index (χ1v) is 15.6. The number of aromatic nitrogens is 3. The summed E-state index contributed by atoms with van der Waals surface area (Å²) in [5.41, 5.74) is 9.79. The van der Waals surface area contributed by atoms with Crippen LogP contribution in [-0.2, 0) is 0 Å². The van der Waals surface area contributed by atoms with Gasteiger partial charge in [0.25, 0.3) is 0 Å². The van der Waals surface area contributed by atoms with Crippen LogP contribution in [0, 0.1) is 11.8 Å². The van der Waals surface area contributed by atoms with Crippen LogP contribution in [0.25, 0.3) is 83.4 Å². The summed E-state index contributed by atoms with van der Waals surface area (Å²) in [4.78, 5) is 9.01. The lowest BCUT2D eigenvalue weighted by Crippen LogP contribution is -2.01. The van der Waals surface area contributed by atoms with Crippen LogP contribution in [0.2, 0.25) is 0 Å². The molecule has 0 aliphatic carbocycles. The van der Waals surface area contributed by atoms with Crippen molar-refractivity contribution in [3.8, 4) is 50.5 Å². The highest BCUT2D eigenvalue weighted by atomic mass is 19.1. The van der Waals surface area contributed by atoms with Gasteiger partial charge >= 0.3 is 0 Å². The molecule has 3 aromatic heterocycles. The van der Waals surface area contributed by atoms with Crippen molar-refractivity contribution >= 4 is 33.0 Å². The number of fused-ring (bicyclic) bond motifs is 4. The van der Waals surface area contributed by atoms with Crippen LogP contribution in [0.1, 0.15) is 0 Å². The Bertz CT molecular complexity index is 2630. The Kier molecular flexibility index (Phi) is 6.47. The summed E-state index contributed by atoms with van der Waals surface area (Å²) in [5.74, 6) is -0.438. The van der Waals surface area contributed by atoms with E-state index in [1.807, 2.05) is 78.9 Å². The molecule has 48 heavy (non-hydrogen) atoms. The van der Waals surface area contributed by atoms with Crippen molar-refractivity contribution in [3.05, 3.63) is 164 Å². The molecule has 0 saturated heterocycles. The number of benzene rings is 6. The van der Waals surface area contributed by atoms with Gasteiger partial charge in [-0.25, -0.2) is 14.4 Å². The Hall–Kier alpha value is -6.40. The predicted molar refractivity (Wildman–Crippen MR) is 188 cm³/mol. The number of halogens is 2. The smallest absolute Gasteiger partial charge is 0.216 e. The summed E-state index contributed by atoms with van der Waals surface area (Å²) in [6, 6.07) is 46.8. The molecule has 0 aliphatic rings. The van der Waals surface area contributed by atoms with Crippen molar-refractivity contribution in [3.63, 3.8) is 0 Å². The molecule has 0 unspecified atom stereocenters. The summed E-state index contributed by atoms with van der Waals surface area (Å²) in [7, 11) is 0. The Labute approximate surface area is 274 Å². The molecule has 4 nitrogen and oxygen atoms in total. The first-order chi connectivity index (χ1) is 23.6. The molecule has 0 amide bonds. The van der Waals surface area contributed by atoms with E-state index < -0.39 is 5.95 Å². The highest BCUT2D eigenvalue weighted by Crippen LogP contribution is 2.44. The molecule has 0 spiro atoms. The first kappa shape index (κ1) is 27.9. The Morgan fingerprint density at radius 2 is 1.23 bits per heavy atom. The fourth-order valence-corrected chi connectivity index (χ4v) is 6.65. The van der Waals surface area contributed by atoms with E-state index in [1.165, 1.54) is 24.4 Å². The maximum atomic E-state index is 14.7. The minimum Gasteiger partial charge on any atom is -0.455 e.